The van der Waals surface area contributed by atoms with Gasteiger partial charge in [0.25, 0.3) is 0 Å². The fourth-order valence-electron chi connectivity index (χ4n) is 3.01. The van der Waals surface area contributed by atoms with Crippen LogP contribution in [0.15, 0.2) is 36.7 Å². The summed E-state index contributed by atoms with van der Waals surface area (Å²) in [6.07, 6.45) is 3.75. The van der Waals surface area contributed by atoms with E-state index in [1.807, 2.05) is 18.5 Å². The van der Waals surface area contributed by atoms with Crippen LogP contribution in [0.3, 0.4) is 0 Å². The maximum absolute atomic E-state index is 9.62. The molecule has 0 aliphatic carbocycles. The second-order valence-electron chi connectivity index (χ2n) is 5.76. The standard InChI is InChI=1S/C17H20N2O/c1-11(2)15(10-20)12-4-5-16-13(8-12)14-9-18-7-6-17(14)19(16)3/h4-9,11,15,20H,10H2,1-3H3. The number of aliphatic hydroxyl groups excluding tert-OH is 1. The summed E-state index contributed by atoms with van der Waals surface area (Å²) in [7, 11) is 2.08. The Morgan fingerprint density at radius 1 is 1.15 bits per heavy atom. The Labute approximate surface area is 118 Å². The molecule has 1 N–H and O–H groups in total. The average molecular weight is 268 g/mol. The van der Waals surface area contributed by atoms with E-state index in [0.29, 0.717) is 5.92 Å². The number of pyridine rings is 1. The highest BCUT2D eigenvalue weighted by atomic mass is 16.3. The lowest BCUT2D eigenvalue weighted by Crippen LogP contribution is -2.11. The van der Waals surface area contributed by atoms with Gasteiger partial charge in [-0.25, -0.2) is 0 Å². The average Bonchev–Trinajstić information content (AvgIpc) is 2.73. The van der Waals surface area contributed by atoms with Crippen molar-refractivity contribution in [1.82, 2.24) is 9.55 Å². The van der Waals surface area contributed by atoms with Gasteiger partial charge >= 0.3 is 0 Å². The minimum Gasteiger partial charge on any atom is -0.396 e. The van der Waals surface area contributed by atoms with Crippen molar-refractivity contribution in [3.05, 3.63) is 42.2 Å². The van der Waals surface area contributed by atoms with Crippen LogP contribution in [0, 0.1) is 5.92 Å². The summed E-state index contributed by atoms with van der Waals surface area (Å²) in [5.41, 5.74) is 3.60. The van der Waals surface area contributed by atoms with E-state index in [9.17, 15) is 5.11 Å². The van der Waals surface area contributed by atoms with Crippen LogP contribution < -0.4 is 0 Å². The van der Waals surface area contributed by atoms with Gasteiger partial charge in [0.05, 0.1) is 12.1 Å². The van der Waals surface area contributed by atoms with Gasteiger partial charge in [-0.05, 0) is 29.7 Å². The molecule has 0 aliphatic rings. The van der Waals surface area contributed by atoms with Crippen molar-refractivity contribution in [2.75, 3.05) is 6.61 Å². The topological polar surface area (TPSA) is 38.1 Å². The first kappa shape index (κ1) is 13.1. The minimum absolute atomic E-state index is 0.186. The highest BCUT2D eigenvalue weighted by molar-refractivity contribution is 6.07. The second-order valence-corrected chi connectivity index (χ2v) is 5.76. The van der Waals surface area contributed by atoms with Crippen molar-refractivity contribution in [3.8, 4) is 0 Å². The Balaban J connectivity index is 2.27. The van der Waals surface area contributed by atoms with Crippen LogP contribution >= 0.6 is 0 Å². The fraction of sp³-hybridized carbons (Fsp3) is 0.353. The van der Waals surface area contributed by atoms with Crippen molar-refractivity contribution in [1.29, 1.82) is 0 Å². The molecule has 1 unspecified atom stereocenters. The molecule has 0 saturated heterocycles. The predicted molar refractivity (Wildman–Crippen MR) is 82.9 cm³/mol. The van der Waals surface area contributed by atoms with E-state index in [1.165, 1.54) is 27.4 Å². The molecule has 3 nitrogen and oxygen atoms in total. The lowest BCUT2D eigenvalue weighted by atomic mass is 9.88. The van der Waals surface area contributed by atoms with Gasteiger partial charge in [0.1, 0.15) is 0 Å². The Bertz CT molecular complexity index is 758. The van der Waals surface area contributed by atoms with Gasteiger partial charge < -0.3 is 9.67 Å². The van der Waals surface area contributed by atoms with E-state index < -0.39 is 0 Å². The third-order valence-electron chi connectivity index (χ3n) is 4.26. The Hall–Kier alpha value is -1.87. The first-order valence-electron chi connectivity index (χ1n) is 7.06. The van der Waals surface area contributed by atoms with Gasteiger partial charge in [-0.1, -0.05) is 19.9 Å². The van der Waals surface area contributed by atoms with Crippen molar-refractivity contribution in [2.45, 2.75) is 19.8 Å². The molecule has 0 fully saturated rings. The molecule has 2 aromatic heterocycles. The molecule has 104 valence electrons. The molecule has 0 radical (unpaired) electrons. The Kier molecular flexibility index (Phi) is 3.22. The third-order valence-corrected chi connectivity index (χ3v) is 4.26. The third kappa shape index (κ3) is 1.90. The minimum atomic E-state index is 0.186. The number of nitrogens with zero attached hydrogens (tertiary/aromatic N) is 2. The van der Waals surface area contributed by atoms with E-state index in [0.717, 1.165) is 0 Å². The summed E-state index contributed by atoms with van der Waals surface area (Å²) >= 11 is 0. The highest BCUT2D eigenvalue weighted by Gasteiger charge is 2.16. The largest absolute Gasteiger partial charge is 0.396 e. The molecule has 20 heavy (non-hydrogen) atoms. The van der Waals surface area contributed by atoms with E-state index in [4.69, 9.17) is 0 Å². The molecule has 0 amide bonds. The van der Waals surface area contributed by atoms with Crippen LogP contribution in [0.25, 0.3) is 21.8 Å². The van der Waals surface area contributed by atoms with Crippen LogP contribution in [0.2, 0.25) is 0 Å². The number of hydrogen-bond acceptors (Lipinski definition) is 2. The van der Waals surface area contributed by atoms with Crippen LogP contribution in [-0.4, -0.2) is 21.3 Å². The molecule has 0 saturated carbocycles. The van der Waals surface area contributed by atoms with Gasteiger partial charge in [0, 0.05) is 41.6 Å². The normalized spacial score (nSPS) is 13.4. The Morgan fingerprint density at radius 3 is 2.60 bits per heavy atom. The molecule has 3 aromatic rings. The maximum Gasteiger partial charge on any atom is 0.0519 e. The molecule has 3 rings (SSSR count). The highest BCUT2D eigenvalue weighted by Crippen LogP contribution is 2.32. The number of aliphatic hydroxyl groups is 1. The molecule has 1 atom stereocenters. The predicted octanol–water partition coefficient (Wildman–Crippen LogP) is 3.46. The van der Waals surface area contributed by atoms with E-state index >= 15 is 0 Å². The zero-order chi connectivity index (χ0) is 14.3. The maximum atomic E-state index is 9.62. The first-order valence-corrected chi connectivity index (χ1v) is 7.06. The summed E-state index contributed by atoms with van der Waals surface area (Å²) in [4.78, 5) is 4.24. The lowest BCUT2D eigenvalue weighted by molar-refractivity contribution is 0.237. The molecule has 2 heterocycles. The van der Waals surface area contributed by atoms with Crippen molar-refractivity contribution in [3.63, 3.8) is 0 Å². The molecular weight excluding hydrogens is 248 g/mol. The zero-order valence-corrected chi connectivity index (χ0v) is 12.2. The number of rotatable bonds is 3. The Morgan fingerprint density at radius 2 is 1.90 bits per heavy atom. The summed E-state index contributed by atoms with van der Waals surface area (Å²) in [6, 6.07) is 8.53. The number of benzene rings is 1. The van der Waals surface area contributed by atoms with Crippen molar-refractivity contribution in [2.24, 2.45) is 13.0 Å². The number of aromatic nitrogens is 2. The van der Waals surface area contributed by atoms with Crippen LogP contribution in [0.5, 0.6) is 0 Å². The summed E-state index contributed by atoms with van der Waals surface area (Å²) in [5.74, 6) is 0.608. The lowest BCUT2D eigenvalue weighted by Gasteiger charge is -2.18. The SMILES string of the molecule is CC(C)C(CO)c1ccc2c(c1)c1cnccc1n2C. The molecular formula is C17H20N2O. The molecule has 3 heteroatoms. The van der Waals surface area contributed by atoms with E-state index in [-0.39, 0.29) is 12.5 Å². The van der Waals surface area contributed by atoms with Gasteiger partial charge in [-0.15, -0.1) is 0 Å². The molecule has 0 spiro atoms. The quantitative estimate of drug-likeness (QED) is 0.790. The van der Waals surface area contributed by atoms with Gasteiger partial charge in [0.2, 0.25) is 0 Å². The number of fused-ring (bicyclic) bond motifs is 3. The monoisotopic (exact) mass is 268 g/mol. The number of aryl methyl sites for hydroxylation is 1. The van der Waals surface area contributed by atoms with Crippen LogP contribution in [0.1, 0.15) is 25.3 Å². The van der Waals surface area contributed by atoms with Gasteiger partial charge in [-0.2, -0.15) is 0 Å². The molecule has 0 bridgehead atoms. The van der Waals surface area contributed by atoms with E-state index in [2.05, 4.69) is 48.6 Å². The molecule has 1 aromatic carbocycles. The summed E-state index contributed by atoms with van der Waals surface area (Å²) in [5, 5.41) is 12.0. The summed E-state index contributed by atoms with van der Waals surface area (Å²) < 4.78 is 2.19. The zero-order valence-electron chi connectivity index (χ0n) is 12.2. The van der Waals surface area contributed by atoms with Crippen LogP contribution in [0.4, 0.5) is 0 Å². The smallest absolute Gasteiger partial charge is 0.0519 e. The van der Waals surface area contributed by atoms with E-state index in [1.54, 1.807) is 0 Å². The first-order chi connectivity index (χ1) is 9.63. The van der Waals surface area contributed by atoms with Crippen molar-refractivity contribution < 1.29 is 5.11 Å². The van der Waals surface area contributed by atoms with Gasteiger partial charge in [-0.3, -0.25) is 4.98 Å². The van der Waals surface area contributed by atoms with Crippen molar-refractivity contribution >= 4 is 21.8 Å². The fourth-order valence-corrected chi connectivity index (χ4v) is 3.01. The summed E-state index contributed by atoms with van der Waals surface area (Å²) in [6.45, 7) is 4.48. The van der Waals surface area contributed by atoms with Gasteiger partial charge in [0.15, 0.2) is 0 Å². The molecule has 0 aliphatic heterocycles. The number of hydrogen-bond donors (Lipinski definition) is 1. The van der Waals surface area contributed by atoms with Crippen LogP contribution in [-0.2, 0) is 7.05 Å². The second kappa shape index (κ2) is 4.91.